The van der Waals surface area contributed by atoms with E-state index in [4.69, 9.17) is 10.4 Å². The summed E-state index contributed by atoms with van der Waals surface area (Å²) < 4.78 is 0. The lowest BCUT2D eigenvalue weighted by Crippen LogP contribution is -2.10. The van der Waals surface area contributed by atoms with E-state index in [0.717, 1.165) is 51.4 Å². The highest BCUT2D eigenvalue weighted by atomic mass is 17.1. The van der Waals surface area contributed by atoms with Crippen LogP contribution in [-0.4, -0.2) is 22.4 Å². The van der Waals surface area contributed by atoms with Crippen molar-refractivity contribution < 1.29 is 20.0 Å². The van der Waals surface area contributed by atoms with Crippen molar-refractivity contribution in [2.75, 3.05) is 0 Å². The Kier molecular flexibility index (Phi) is 16.3. The molecule has 0 aliphatic heterocycles. The normalized spacial score (nSPS) is 12.5. The van der Waals surface area contributed by atoms with Crippen LogP contribution in [0.1, 0.15) is 103 Å². The Morgan fingerprint density at radius 3 is 1.73 bits per heavy atom. The monoisotopic (exact) mass is 316 g/mol. The fourth-order valence-electron chi connectivity index (χ4n) is 2.76. The molecule has 4 heteroatoms. The molecule has 0 rings (SSSR count). The van der Waals surface area contributed by atoms with Gasteiger partial charge in [-0.1, -0.05) is 77.6 Å². The molecule has 0 aromatic rings. The molecule has 1 atom stereocenters. The van der Waals surface area contributed by atoms with E-state index >= 15 is 0 Å². The first kappa shape index (κ1) is 21.4. The van der Waals surface area contributed by atoms with Crippen molar-refractivity contribution in [3.63, 3.8) is 0 Å². The van der Waals surface area contributed by atoms with E-state index in [2.05, 4.69) is 11.8 Å². The van der Waals surface area contributed by atoms with Crippen molar-refractivity contribution in [2.24, 2.45) is 0 Å². The maximum absolute atomic E-state index is 10.4. The summed E-state index contributed by atoms with van der Waals surface area (Å²) >= 11 is 0. The first-order valence-corrected chi connectivity index (χ1v) is 9.22. The molecule has 0 spiro atoms. The van der Waals surface area contributed by atoms with E-state index < -0.39 is 5.97 Å². The minimum atomic E-state index is -0.705. The molecule has 0 amide bonds. The Labute approximate surface area is 136 Å². The summed E-state index contributed by atoms with van der Waals surface area (Å²) in [4.78, 5) is 14.9. The van der Waals surface area contributed by atoms with Crippen molar-refractivity contribution >= 4 is 5.97 Å². The van der Waals surface area contributed by atoms with Gasteiger partial charge in [-0.25, -0.2) is 4.89 Å². The number of aliphatic carboxylic acids is 1. The number of carbonyl (C=O) groups is 1. The van der Waals surface area contributed by atoms with E-state index in [1.807, 2.05) is 0 Å². The minimum Gasteiger partial charge on any atom is -0.481 e. The topological polar surface area (TPSA) is 66.8 Å². The number of hydrogen-bond acceptors (Lipinski definition) is 3. The van der Waals surface area contributed by atoms with Crippen LogP contribution >= 0.6 is 0 Å². The van der Waals surface area contributed by atoms with Gasteiger partial charge in [0, 0.05) is 6.42 Å². The molecule has 0 fully saturated rings. The van der Waals surface area contributed by atoms with Crippen molar-refractivity contribution in [2.45, 2.75) is 109 Å². The summed E-state index contributed by atoms with van der Waals surface area (Å²) in [6, 6.07) is 0. The van der Waals surface area contributed by atoms with E-state index in [0.29, 0.717) is 0 Å². The molecule has 0 aromatic heterocycles. The lowest BCUT2D eigenvalue weighted by Gasteiger charge is -2.13. The van der Waals surface area contributed by atoms with E-state index in [9.17, 15) is 4.79 Å². The van der Waals surface area contributed by atoms with Gasteiger partial charge in [0.1, 0.15) is 0 Å². The maximum Gasteiger partial charge on any atom is 0.303 e. The van der Waals surface area contributed by atoms with Crippen molar-refractivity contribution in [3.8, 4) is 0 Å². The summed E-state index contributed by atoms with van der Waals surface area (Å²) in [6.45, 7) is 2.23. The predicted octanol–water partition coefficient (Wildman–Crippen LogP) is 5.80. The van der Waals surface area contributed by atoms with Gasteiger partial charge in [0.05, 0.1) is 6.10 Å². The van der Waals surface area contributed by atoms with Crippen molar-refractivity contribution in [3.05, 3.63) is 0 Å². The van der Waals surface area contributed by atoms with Crippen molar-refractivity contribution in [1.82, 2.24) is 0 Å². The molecule has 4 nitrogen and oxygen atoms in total. The largest absolute Gasteiger partial charge is 0.481 e. The van der Waals surface area contributed by atoms with E-state index in [1.165, 1.54) is 38.5 Å². The van der Waals surface area contributed by atoms with Gasteiger partial charge in [-0.05, 0) is 19.3 Å². The summed E-state index contributed by atoms with van der Waals surface area (Å²) in [7, 11) is 0. The molecular formula is C18H36O4. The van der Waals surface area contributed by atoms with Crippen LogP contribution < -0.4 is 0 Å². The first-order valence-electron chi connectivity index (χ1n) is 9.22. The third kappa shape index (κ3) is 15.8. The SMILES string of the molecule is CCCCCCCCCC(CCCCCCCC(=O)O)OO. The standard InChI is InChI=1S/C18H36O4/c1-2-3-4-5-6-8-11-14-17(22-21)15-12-9-7-10-13-16-18(19)20/h17,21H,2-16H2,1H3,(H,19,20). The van der Waals surface area contributed by atoms with Gasteiger partial charge in [0.25, 0.3) is 0 Å². The molecule has 0 radical (unpaired) electrons. The Morgan fingerprint density at radius 2 is 1.27 bits per heavy atom. The molecule has 0 saturated carbocycles. The molecule has 2 N–H and O–H groups in total. The highest BCUT2D eigenvalue weighted by Crippen LogP contribution is 2.16. The maximum atomic E-state index is 10.4. The summed E-state index contributed by atoms with van der Waals surface area (Å²) in [5, 5.41) is 17.5. The molecule has 0 heterocycles. The molecule has 132 valence electrons. The Hall–Kier alpha value is -0.610. The van der Waals surface area contributed by atoms with Gasteiger partial charge >= 0.3 is 5.97 Å². The van der Waals surface area contributed by atoms with Crippen LogP contribution in [0, 0.1) is 0 Å². The van der Waals surface area contributed by atoms with Crippen molar-refractivity contribution in [1.29, 1.82) is 0 Å². The number of carboxylic acids is 1. The van der Waals surface area contributed by atoms with Gasteiger partial charge in [-0.2, -0.15) is 0 Å². The quantitative estimate of drug-likeness (QED) is 0.202. The lowest BCUT2D eigenvalue weighted by atomic mass is 10.0. The Balaban J connectivity index is 3.34. The second-order valence-electron chi connectivity index (χ2n) is 6.34. The van der Waals surface area contributed by atoms with Gasteiger partial charge in [0.2, 0.25) is 0 Å². The van der Waals surface area contributed by atoms with Crippen LogP contribution in [0.25, 0.3) is 0 Å². The van der Waals surface area contributed by atoms with Crippen LogP contribution in [0.5, 0.6) is 0 Å². The highest BCUT2D eigenvalue weighted by Gasteiger charge is 2.08. The fourth-order valence-corrected chi connectivity index (χ4v) is 2.76. The fraction of sp³-hybridized carbons (Fsp3) is 0.944. The molecule has 0 aliphatic carbocycles. The van der Waals surface area contributed by atoms with E-state index in [-0.39, 0.29) is 12.5 Å². The molecule has 0 aromatic carbocycles. The van der Waals surface area contributed by atoms with Gasteiger partial charge in [0.15, 0.2) is 0 Å². The minimum absolute atomic E-state index is 0.0188. The zero-order valence-corrected chi connectivity index (χ0v) is 14.4. The first-order chi connectivity index (χ1) is 10.7. The third-order valence-electron chi connectivity index (χ3n) is 4.20. The van der Waals surface area contributed by atoms with E-state index in [1.54, 1.807) is 0 Å². The van der Waals surface area contributed by atoms with Gasteiger partial charge in [-0.3, -0.25) is 10.1 Å². The predicted molar refractivity (Wildman–Crippen MR) is 90.1 cm³/mol. The van der Waals surface area contributed by atoms with Crippen LogP contribution in [0.4, 0.5) is 0 Å². The second kappa shape index (κ2) is 16.8. The number of hydrogen-bond donors (Lipinski definition) is 2. The van der Waals surface area contributed by atoms with Crippen LogP contribution in [0.3, 0.4) is 0 Å². The smallest absolute Gasteiger partial charge is 0.303 e. The van der Waals surface area contributed by atoms with Crippen LogP contribution in [0.2, 0.25) is 0 Å². The lowest BCUT2D eigenvalue weighted by molar-refractivity contribution is -0.281. The molecule has 0 aliphatic rings. The highest BCUT2D eigenvalue weighted by molar-refractivity contribution is 5.66. The number of carboxylic acid groups (broad SMARTS) is 1. The zero-order chi connectivity index (χ0) is 16.5. The van der Waals surface area contributed by atoms with Gasteiger partial charge in [-0.15, -0.1) is 0 Å². The summed E-state index contributed by atoms with van der Waals surface area (Å²) in [5.41, 5.74) is 0. The zero-order valence-electron chi connectivity index (χ0n) is 14.4. The average Bonchev–Trinajstić information content (AvgIpc) is 2.50. The Morgan fingerprint density at radius 1 is 0.818 bits per heavy atom. The molecule has 1 unspecified atom stereocenters. The summed E-state index contributed by atoms with van der Waals surface area (Å²) in [6.07, 6.45) is 16.1. The average molecular weight is 316 g/mol. The third-order valence-corrected chi connectivity index (χ3v) is 4.20. The molecule has 0 bridgehead atoms. The van der Waals surface area contributed by atoms with Gasteiger partial charge < -0.3 is 5.11 Å². The van der Waals surface area contributed by atoms with Crippen LogP contribution in [-0.2, 0) is 9.68 Å². The van der Waals surface area contributed by atoms with Crippen LogP contribution in [0.15, 0.2) is 0 Å². The second-order valence-corrected chi connectivity index (χ2v) is 6.34. The molecule has 0 saturated heterocycles. The molecular weight excluding hydrogens is 280 g/mol. The summed E-state index contributed by atoms with van der Waals surface area (Å²) in [5.74, 6) is -0.705. The Bertz CT molecular complexity index is 243. The molecule has 22 heavy (non-hydrogen) atoms. The number of unbranched alkanes of at least 4 members (excludes halogenated alkanes) is 10. The number of rotatable bonds is 17.